The third kappa shape index (κ3) is 17.3. The lowest BCUT2D eigenvalue weighted by Crippen LogP contribution is -2.61. The molecule has 0 aliphatic carbocycles. The SMILES string of the molecule is CC[C@@H](C(=O)N(C)[C@H](C)C(=O)N(C)[C@@H](CC(C)C)C(=O)N[C@H](C(=O)N(C)[C@@H](CC(C)C)C(=O)N[C@H](C)C(=O)NC(=O)N(C)C(=O)NC)C(C)C)N1C(=O)[C@@H]2[C@H](OC(C)[C@H](N(C)C(=O)CCC(C)C)C(=O)N2C)[C@H]1CC1=NCCN1Cc1ccccn1. The van der Waals surface area contributed by atoms with Crippen LogP contribution in [0.4, 0.5) is 9.59 Å². The number of hydrogen-bond donors (Lipinski definition) is 4. The van der Waals surface area contributed by atoms with E-state index in [0.29, 0.717) is 36.8 Å². The van der Waals surface area contributed by atoms with E-state index in [1.165, 1.54) is 78.5 Å². The number of imide groups is 2. The van der Waals surface area contributed by atoms with Gasteiger partial charge in [0, 0.05) is 74.9 Å². The number of carbonyl (C=O) groups is 11. The Morgan fingerprint density at radius 3 is 1.87 bits per heavy atom. The molecule has 2 saturated heterocycles. The van der Waals surface area contributed by atoms with Gasteiger partial charge in [-0.2, -0.15) is 0 Å². The number of pyridine rings is 1. The first kappa shape index (κ1) is 71.2. The first-order chi connectivity index (χ1) is 40.2. The predicted molar refractivity (Wildman–Crippen MR) is 322 cm³/mol. The summed E-state index contributed by atoms with van der Waals surface area (Å²) in [6, 6.07) is -6.42. The number of amides is 13. The maximum atomic E-state index is 15.3. The number of hydrogen-bond acceptors (Lipinski definition) is 15. The molecule has 1 unspecified atom stereocenters. The van der Waals surface area contributed by atoms with E-state index in [1.807, 2.05) is 59.7 Å². The number of fused-ring (bicyclic) bond motifs is 1. The number of amidine groups is 1. The van der Waals surface area contributed by atoms with Crippen LogP contribution in [0.5, 0.6) is 0 Å². The maximum Gasteiger partial charge on any atom is 0.331 e. The molecule has 0 aromatic carbocycles. The van der Waals surface area contributed by atoms with Gasteiger partial charge in [0.15, 0.2) is 0 Å². The smallest absolute Gasteiger partial charge is 0.331 e. The second-order valence-electron chi connectivity index (χ2n) is 24.7. The van der Waals surface area contributed by atoms with Crippen molar-refractivity contribution in [3.63, 3.8) is 0 Å². The summed E-state index contributed by atoms with van der Waals surface area (Å²) in [6.07, 6.45) is 1.23. The third-order valence-electron chi connectivity index (χ3n) is 16.6. The Labute approximate surface area is 508 Å². The maximum absolute atomic E-state index is 15.3. The van der Waals surface area contributed by atoms with E-state index in [-0.39, 0.29) is 55.8 Å². The van der Waals surface area contributed by atoms with Gasteiger partial charge in [0.1, 0.15) is 60.3 Å². The lowest BCUT2D eigenvalue weighted by atomic mass is 9.96. The van der Waals surface area contributed by atoms with Gasteiger partial charge in [0.2, 0.25) is 53.2 Å². The van der Waals surface area contributed by atoms with Crippen LogP contribution in [0.15, 0.2) is 29.4 Å². The highest BCUT2D eigenvalue weighted by atomic mass is 16.5. The molecule has 0 saturated carbocycles. The molecule has 1 aromatic rings. The minimum Gasteiger partial charge on any atom is -0.368 e. The molecule has 4 N–H and O–H groups in total. The summed E-state index contributed by atoms with van der Waals surface area (Å²) in [6.45, 7) is 22.7. The lowest BCUT2D eigenvalue weighted by molar-refractivity contribution is -0.154. The fourth-order valence-electron chi connectivity index (χ4n) is 11.2. The molecule has 0 bridgehead atoms. The first-order valence-electron chi connectivity index (χ1n) is 30.1. The molecule has 11 atom stereocenters. The van der Waals surface area contributed by atoms with Gasteiger partial charge in [0.05, 0.1) is 30.9 Å². The van der Waals surface area contributed by atoms with Crippen molar-refractivity contribution in [2.75, 3.05) is 62.4 Å². The van der Waals surface area contributed by atoms with Gasteiger partial charge in [-0.15, -0.1) is 0 Å². The molecule has 4 heterocycles. The minimum atomic E-state index is -1.27. The molecular formula is C60H98N14O12. The van der Waals surface area contributed by atoms with E-state index in [0.717, 1.165) is 12.7 Å². The molecule has 2 fully saturated rings. The van der Waals surface area contributed by atoms with Crippen molar-refractivity contribution in [3.8, 4) is 0 Å². The molecule has 13 amide bonds. The molecule has 26 heteroatoms. The van der Waals surface area contributed by atoms with Crippen LogP contribution in [0.25, 0.3) is 0 Å². The number of urea groups is 2. The molecule has 3 aliphatic heterocycles. The summed E-state index contributed by atoms with van der Waals surface area (Å²) in [4.78, 5) is 174. The van der Waals surface area contributed by atoms with Crippen molar-refractivity contribution < 1.29 is 57.5 Å². The number of aliphatic imine (C=N–C) groups is 1. The Morgan fingerprint density at radius 2 is 1.34 bits per heavy atom. The molecule has 1 aromatic heterocycles. The quantitative estimate of drug-likeness (QED) is 0.104. The monoisotopic (exact) mass is 1210 g/mol. The van der Waals surface area contributed by atoms with Crippen molar-refractivity contribution in [1.29, 1.82) is 0 Å². The van der Waals surface area contributed by atoms with Gasteiger partial charge in [-0.3, -0.25) is 58.4 Å². The van der Waals surface area contributed by atoms with E-state index >= 15 is 9.59 Å². The number of nitrogens with zero attached hydrogens (tertiary/aromatic N) is 10. The Bertz CT molecular complexity index is 2640. The summed E-state index contributed by atoms with van der Waals surface area (Å²) in [7, 11) is 9.88. The second-order valence-corrected chi connectivity index (χ2v) is 24.7. The summed E-state index contributed by atoms with van der Waals surface area (Å²) < 4.78 is 6.85. The minimum absolute atomic E-state index is 0.0966. The van der Waals surface area contributed by atoms with E-state index in [2.05, 4.69) is 31.2 Å². The molecule has 0 radical (unpaired) electrons. The van der Waals surface area contributed by atoms with E-state index in [9.17, 15) is 43.2 Å². The molecule has 4 rings (SSSR count). The predicted octanol–water partition coefficient (Wildman–Crippen LogP) is 2.30. The van der Waals surface area contributed by atoms with Crippen molar-refractivity contribution in [3.05, 3.63) is 30.1 Å². The number of rotatable bonds is 26. The van der Waals surface area contributed by atoms with Gasteiger partial charge in [-0.1, -0.05) is 68.4 Å². The van der Waals surface area contributed by atoms with Crippen molar-refractivity contribution in [2.24, 2.45) is 28.7 Å². The standard InChI is InChI=1S/C60H98N14O12/c1-20-41(74-42(31-45-63-27-28-73(45)32-40-23-21-22-26-62-40)50-49(58(74)83)71(18)57(82)48(39(12)86-50)70(17)46(75)25-24-33(2)3)55(80)67(14)38(11)54(79)68(15)44(30-35(6)7)53(78)65-47(36(8)9)56(81)69(16)43(29-34(4)5)52(77)64-37(10)51(76)66-60(85)72(19)59(84)61-13/h21-23,26,33-39,41-44,47-50H,20,24-25,27-32H2,1-19H3,(H,61,84)(H,64,77)(H,65,78)(H,66,76,85)/t37-,38-,39?,41+,42-,43+,44+,47+,48+,49+,50-/m1/s1. The van der Waals surface area contributed by atoms with Crippen LogP contribution in [0.2, 0.25) is 0 Å². The Kier molecular flexibility index (Phi) is 26.0. The molecule has 86 heavy (non-hydrogen) atoms. The zero-order valence-corrected chi connectivity index (χ0v) is 54.2. The number of ether oxygens (including phenoxy) is 1. The zero-order chi connectivity index (χ0) is 64.9. The summed E-state index contributed by atoms with van der Waals surface area (Å²) in [5.74, 6) is -5.28. The van der Waals surface area contributed by atoms with Crippen LogP contribution in [-0.4, -0.2) is 244 Å². The van der Waals surface area contributed by atoms with Crippen molar-refractivity contribution >= 4 is 71.1 Å². The van der Waals surface area contributed by atoms with Gasteiger partial charge >= 0.3 is 12.1 Å². The van der Waals surface area contributed by atoms with E-state index in [4.69, 9.17) is 9.73 Å². The van der Waals surface area contributed by atoms with Gasteiger partial charge in [0.25, 0.3) is 0 Å². The highest BCUT2D eigenvalue weighted by Gasteiger charge is 2.59. The number of carbonyl (C=O) groups excluding carboxylic acids is 11. The van der Waals surface area contributed by atoms with Gasteiger partial charge in [-0.25, -0.2) is 14.5 Å². The number of nitrogens with one attached hydrogen (secondary N) is 4. The number of aromatic nitrogens is 1. The number of likely N-dealkylation sites (tertiary alicyclic amines) is 1. The van der Waals surface area contributed by atoms with Crippen LogP contribution in [0.1, 0.15) is 127 Å². The highest BCUT2D eigenvalue weighted by Crippen LogP contribution is 2.37. The van der Waals surface area contributed by atoms with E-state index in [1.54, 1.807) is 40.9 Å². The molecule has 480 valence electrons. The van der Waals surface area contributed by atoms with Crippen LogP contribution >= 0.6 is 0 Å². The van der Waals surface area contributed by atoms with Crippen LogP contribution in [0.3, 0.4) is 0 Å². The second kappa shape index (κ2) is 31.4. The molecular weight excluding hydrogens is 1110 g/mol. The first-order valence-corrected chi connectivity index (χ1v) is 30.1. The normalized spacial score (nSPS) is 20.7. The van der Waals surface area contributed by atoms with Gasteiger partial charge in [-0.05, 0) is 82.3 Å². The Morgan fingerprint density at radius 1 is 0.744 bits per heavy atom. The molecule has 0 spiro atoms. The average molecular weight is 1210 g/mol. The molecule has 26 nitrogen and oxygen atoms in total. The van der Waals surface area contributed by atoms with Gasteiger partial charge < -0.3 is 55.0 Å². The average Bonchev–Trinajstić information content (AvgIpc) is 2.01. The fourth-order valence-corrected chi connectivity index (χ4v) is 11.2. The summed E-state index contributed by atoms with van der Waals surface area (Å²) >= 11 is 0. The van der Waals surface area contributed by atoms with Crippen LogP contribution in [0, 0.1) is 23.7 Å². The largest absolute Gasteiger partial charge is 0.368 e. The topological polar surface area (TPSA) is 296 Å². The zero-order valence-electron chi connectivity index (χ0n) is 54.2. The Hall–Kier alpha value is -7.25. The van der Waals surface area contributed by atoms with Crippen molar-refractivity contribution in [2.45, 2.75) is 195 Å². The van der Waals surface area contributed by atoms with Crippen LogP contribution < -0.4 is 21.3 Å². The van der Waals surface area contributed by atoms with E-state index < -0.39 is 132 Å². The van der Waals surface area contributed by atoms with Crippen LogP contribution in [-0.2, 0) is 54.4 Å². The van der Waals surface area contributed by atoms with Crippen molar-refractivity contribution in [1.82, 2.24) is 65.5 Å². The highest BCUT2D eigenvalue weighted by molar-refractivity contribution is 6.04. The Balaban J connectivity index is 1.63. The molecule has 3 aliphatic rings. The third-order valence-corrected chi connectivity index (χ3v) is 16.6. The number of likely N-dealkylation sites (N-methyl/N-ethyl adjacent to an activating group) is 5. The summed E-state index contributed by atoms with van der Waals surface area (Å²) in [5, 5.41) is 9.76. The lowest BCUT2D eigenvalue weighted by Gasteiger charge is -2.39. The summed E-state index contributed by atoms with van der Waals surface area (Å²) in [5.41, 5.74) is 0.800. The fraction of sp³-hybridized carbons (Fsp3) is 0.717.